The number of benzene rings is 1. The molecule has 0 spiro atoms. The first-order valence-corrected chi connectivity index (χ1v) is 8.07. The van der Waals surface area contributed by atoms with Gasteiger partial charge in [-0.05, 0) is 37.5 Å². The fraction of sp³-hybridized carbons (Fsp3) is 0.444. The first kappa shape index (κ1) is 17.1. The average molecular weight is 315 g/mol. The summed E-state index contributed by atoms with van der Waals surface area (Å²) in [6, 6.07) is 7.70. The molecule has 0 aliphatic carbocycles. The summed E-state index contributed by atoms with van der Waals surface area (Å²) in [5.74, 6) is 2.77. The summed E-state index contributed by atoms with van der Waals surface area (Å²) in [5, 5.41) is 0. The van der Waals surface area contributed by atoms with Crippen LogP contribution in [-0.4, -0.2) is 30.2 Å². The Morgan fingerprint density at radius 3 is 2.39 bits per heavy atom. The van der Waals surface area contributed by atoms with E-state index in [2.05, 4.69) is 28.7 Å². The maximum Gasteiger partial charge on any atom is 0.224 e. The molecule has 0 N–H and O–H groups in total. The van der Waals surface area contributed by atoms with Gasteiger partial charge in [0.15, 0.2) is 11.5 Å². The van der Waals surface area contributed by atoms with Gasteiger partial charge in [-0.25, -0.2) is 9.97 Å². The number of aryl methyl sites for hydroxylation is 1. The van der Waals surface area contributed by atoms with Crippen molar-refractivity contribution in [2.75, 3.05) is 25.1 Å². The van der Waals surface area contributed by atoms with E-state index in [1.165, 1.54) is 0 Å². The van der Waals surface area contributed by atoms with Gasteiger partial charge in [0.05, 0.1) is 7.11 Å². The van der Waals surface area contributed by atoms with E-state index in [4.69, 9.17) is 9.47 Å². The van der Waals surface area contributed by atoms with Crippen molar-refractivity contribution in [2.24, 2.45) is 0 Å². The van der Waals surface area contributed by atoms with Gasteiger partial charge in [-0.15, -0.1) is 0 Å². The second-order valence-electron chi connectivity index (χ2n) is 5.46. The summed E-state index contributed by atoms with van der Waals surface area (Å²) in [6.07, 6.45) is 3.70. The normalized spacial score (nSPS) is 10.4. The lowest BCUT2D eigenvalue weighted by Crippen LogP contribution is -2.25. The van der Waals surface area contributed by atoms with E-state index in [0.29, 0.717) is 17.4 Å². The highest BCUT2D eigenvalue weighted by Gasteiger charge is 2.11. The molecule has 124 valence electrons. The third-order valence-corrected chi connectivity index (χ3v) is 3.47. The summed E-state index contributed by atoms with van der Waals surface area (Å²) in [7, 11) is 1.64. The second kappa shape index (κ2) is 8.36. The van der Waals surface area contributed by atoms with Gasteiger partial charge in [-0.1, -0.05) is 19.9 Å². The van der Waals surface area contributed by atoms with E-state index in [1.807, 2.05) is 31.2 Å². The molecule has 5 nitrogen and oxygen atoms in total. The molecule has 0 atom stereocenters. The highest BCUT2D eigenvalue weighted by molar-refractivity contribution is 5.46. The minimum atomic E-state index is 0.523. The number of methoxy groups -OCH3 is 1. The molecule has 0 unspecified atom stereocenters. The van der Waals surface area contributed by atoms with Crippen LogP contribution in [0.5, 0.6) is 17.4 Å². The largest absolute Gasteiger partial charge is 0.493 e. The van der Waals surface area contributed by atoms with E-state index < -0.39 is 0 Å². The maximum atomic E-state index is 5.90. The van der Waals surface area contributed by atoms with E-state index in [9.17, 15) is 0 Å². The lowest BCUT2D eigenvalue weighted by atomic mass is 10.2. The molecule has 0 aliphatic rings. The van der Waals surface area contributed by atoms with Gasteiger partial charge < -0.3 is 14.4 Å². The van der Waals surface area contributed by atoms with Gasteiger partial charge in [-0.2, -0.15) is 0 Å². The summed E-state index contributed by atoms with van der Waals surface area (Å²) in [5.41, 5.74) is 1.12. The first-order chi connectivity index (χ1) is 11.2. The third-order valence-electron chi connectivity index (χ3n) is 3.47. The minimum absolute atomic E-state index is 0.523. The molecule has 2 aromatic rings. The molecule has 1 aromatic carbocycles. The fourth-order valence-electron chi connectivity index (χ4n) is 2.41. The Labute approximate surface area is 138 Å². The Balaban J connectivity index is 2.22. The molecule has 2 rings (SSSR count). The van der Waals surface area contributed by atoms with Crippen LogP contribution in [-0.2, 0) is 0 Å². The summed E-state index contributed by atoms with van der Waals surface area (Å²) in [4.78, 5) is 10.8. The zero-order chi connectivity index (χ0) is 16.7. The maximum absolute atomic E-state index is 5.90. The van der Waals surface area contributed by atoms with Gasteiger partial charge in [0.2, 0.25) is 5.88 Å². The topological polar surface area (TPSA) is 47.5 Å². The van der Waals surface area contributed by atoms with Gasteiger partial charge in [0.25, 0.3) is 0 Å². The van der Waals surface area contributed by atoms with Crippen LogP contribution >= 0.6 is 0 Å². The Bertz CT molecular complexity index is 625. The summed E-state index contributed by atoms with van der Waals surface area (Å²) < 4.78 is 11.3. The van der Waals surface area contributed by atoms with Gasteiger partial charge >= 0.3 is 0 Å². The highest BCUT2D eigenvalue weighted by Crippen LogP contribution is 2.32. The van der Waals surface area contributed by atoms with Gasteiger partial charge in [-0.3, -0.25) is 0 Å². The van der Waals surface area contributed by atoms with Crippen LogP contribution in [0.1, 0.15) is 32.3 Å². The van der Waals surface area contributed by atoms with E-state index >= 15 is 0 Å². The van der Waals surface area contributed by atoms with Crippen LogP contribution in [0.15, 0.2) is 30.6 Å². The van der Waals surface area contributed by atoms with Crippen molar-refractivity contribution in [3.05, 3.63) is 36.2 Å². The molecular weight excluding hydrogens is 290 g/mol. The van der Waals surface area contributed by atoms with Crippen LogP contribution in [0.25, 0.3) is 0 Å². The smallest absolute Gasteiger partial charge is 0.224 e. The number of ether oxygens (including phenoxy) is 2. The molecule has 0 fully saturated rings. The molecule has 0 aliphatic heterocycles. The van der Waals surface area contributed by atoms with Crippen molar-refractivity contribution in [3.8, 4) is 17.4 Å². The molecule has 0 saturated carbocycles. The van der Waals surface area contributed by atoms with Crippen molar-refractivity contribution in [1.82, 2.24) is 9.97 Å². The fourth-order valence-corrected chi connectivity index (χ4v) is 2.41. The van der Waals surface area contributed by atoms with E-state index in [1.54, 1.807) is 13.4 Å². The molecular formula is C18H25N3O2. The summed E-state index contributed by atoms with van der Waals surface area (Å²) in [6.45, 7) is 8.29. The number of nitrogens with zero attached hydrogens (tertiary/aromatic N) is 3. The predicted octanol–water partition coefficient (Wildman–Crippen LogP) is 4.21. The number of aromatic nitrogens is 2. The van der Waals surface area contributed by atoms with Crippen molar-refractivity contribution in [1.29, 1.82) is 0 Å². The van der Waals surface area contributed by atoms with Crippen molar-refractivity contribution in [2.45, 2.75) is 33.6 Å². The molecule has 0 bridgehead atoms. The van der Waals surface area contributed by atoms with Crippen LogP contribution in [0, 0.1) is 6.92 Å². The van der Waals surface area contributed by atoms with Crippen LogP contribution < -0.4 is 14.4 Å². The molecule has 0 amide bonds. The van der Waals surface area contributed by atoms with Gasteiger partial charge in [0, 0.05) is 19.2 Å². The number of rotatable bonds is 8. The predicted molar refractivity (Wildman–Crippen MR) is 92.6 cm³/mol. The Kier molecular flexibility index (Phi) is 6.20. The molecule has 0 saturated heterocycles. The van der Waals surface area contributed by atoms with Crippen molar-refractivity contribution >= 4 is 5.82 Å². The standard InChI is InChI=1S/C18H25N3O2/c1-5-9-21(10-6-2)17-12-18(20-13-19-17)23-15-8-7-14(3)11-16(15)22-4/h7-8,11-13H,5-6,9-10H2,1-4H3. The highest BCUT2D eigenvalue weighted by atomic mass is 16.5. The SMILES string of the molecule is CCCN(CCC)c1cc(Oc2ccc(C)cc2OC)ncn1. The lowest BCUT2D eigenvalue weighted by molar-refractivity contribution is 0.373. The number of hydrogen-bond donors (Lipinski definition) is 0. The molecule has 5 heteroatoms. The number of hydrogen-bond acceptors (Lipinski definition) is 5. The van der Waals surface area contributed by atoms with Crippen LogP contribution in [0.2, 0.25) is 0 Å². The quantitative estimate of drug-likeness (QED) is 0.730. The second-order valence-corrected chi connectivity index (χ2v) is 5.46. The molecule has 1 aromatic heterocycles. The van der Waals surface area contributed by atoms with E-state index in [-0.39, 0.29) is 0 Å². The Morgan fingerprint density at radius 2 is 1.74 bits per heavy atom. The average Bonchev–Trinajstić information content (AvgIpc) is 2.56. The molecule has 1 heterocycles. The number of anilines is 1. The first-order valence-electron chi connectivity index (χ1n) is 8.07. The molecule has 23 heavy (non-hydrogen) atoms. The van der Waals surface area contributed by atoms with Crippen molar-refractivity contribution in [3.63, 3.8) is 0 Å². The molecule has 0 radical (unpaired) electrons. The third kappa shape index (κ3) is 4.58. The van der Waals surface area contributed by atoms with Crippen molar-refractivity contribution < 1.29 is 9.47 Å². The zero-order valence-corrected chi connectivity index (χ0v) is 14.4. The van der Waals surface area contributed by atoms with E-state index in [0.717, 1.165) is 37.3 Å². The summed E-state index contributed by atoms with van der Waals surface area (Å²) >= 11 is 0. The monoisotopic (exact) mass is 315 g/mol. The zero-order valence-electron chi connectivity index (χ0n) is 14.4. The lowest BCUT2D eigenvalue weighted by Gasteiger charge is -2.22. The minimum Gasteiger partial charge on any atom is -0.493 e. The van der Waals surface area contributed by atoms with Crippen LogP contribution in [0.3, 0.4) is 0 Å². The Hall–Kier alpha value is -2.30. The van der Waals surface area contributed by atoms with Gasteiger partial charge in [0.1, 0.15) is 12.1 Å². The Morgan fingerprint density at radius 1 is 1.00 bits per heavy atom. The van der Waals surface area contributed by atoms with Crippen LogP contribution in [0.4, 0.5) is 5.82 Å².